The number of piperidine rings is 1. The van der Waals surface area contributed by atoms with Crippen LogP contribution in [0, 0.1) is 0 Å². The van der Waals surface area contributed by atoms with Gasteiger partial charge in [0.25, 0.3) is 0 Å². The molecule has 0 unspecified atom stereocenters. The van der Waals surface area contributed by atoms with Crippen molar-refractivity contribution in [2.75, 3.05) is 18.4 Å². The first-order chi connectivity index (χ1) is 14.4. The second kappa shape index (κ2) is 7.89. The molecule has 146 valence electrons. The molecule has 0 aliphatic carbocycles. The van der Waals surface area contributed by atoms with Gasteiger partial charge < -0.3 is 19.9 Å². The van der Waals surface area contributed by atoms with Gasteiger partial charge in [-0.1, -0.05) is 18.2 Å². The minimum atomic E-state index is 0.380. The van der Waals surface area contributed by atoms with Crippen LogP contribution in [0.3, 0.4) is 0 Å². The SMILES string of the molecule is c1ccc(Oc2ccc(Nc3ncnc4c3ncn4[C@@H]3CCCNC3)cc2)cc1. The Labute approximate surface area is 168 Å². The summed E-state index contributed by atoms with van der Waals surface area (Å²) in [7, 11) is 0. The lowest BCUT2D eigenvalue weighted by Gasteiger charge is -2.24. The largest absolute Gasteiger partial charge is 0.457 e. The van der Waals surface area contributed by atoms with E-state index in [1.807, 2.05) is 60.9 Å². The summed E-state index contributed by atoms with van der Waals surface area (Å²) >= 11 is 0. The maximum Gasteiger partial charge on any atom is 0.165 e. The van der Waals surface area contributed by atoms with Crippen LogP contribution in [0.1, 0.15) is 18.9 Å². The molecular weight excluding hydrogens is 364 g/mol. The van der Waals surface area contributed by atoms with Crippen LogP contribution in [0.15, 0.2) is 67.3 Å². The van der Waals surface area contributed by atoms with Gasteiger partial charge in [-0.3, -0.25) is 0 Å². The first-order valence-electron chi connectivity index (χ1n) is 9.85. The fraction of sp³-hybridized carbons (Fsp3) is 0.227. The van der Waals surface area contributed by atoms with Gasteiger partial charge in [0.05, 0.1) is 6.33 Å². The summed E-state index contributed by atoms with van der Waals surface area (Å²) in [5.41, 5.74) is 2.56. The van der Waals surface area contributed by atoms with Gasteiger partial charge in [-0.25, -0.2) is 15.0 Å². The molecule has 4 aromatic rings. The van der Waals surface area contributed by atoms with Crippen LogP contribution < -0.4 is 15.4 Å². The quantitative estimate of drug-likeness (QED) is 0.533. The van der Waals surface area contributed by atoms with Gasteiger partial charge in [-0.15, -0.1) is 0 Å². The van der Waals surface area contributed by atoms with Gasteiger partial charge in [0.2, 0.25) is 0 Å². The number of nitrogens with zero attached hydrogens (tertiary/aromatic N) is 4. The summed E-state index contributed by atoms with van der Waals surface area (Å²) < 4.78 is 8.01. The van der Waals surface area contributed by atoms with E-state index in [9.17, 15) is 0 Å². The number of para-hydroxylation sites is 1. The van der Waals surface area contributed by atoms with Crippen molar-refractivity contribution in [3.8, 4) is 11.5 Å². The number of rotatable bonds is 5. The predicted octanol–water partition coefficient (Wildman–Crippen LogP) is 4.29. The smallest absolute Gasteiger partial charge is 0.165 e. The van der Waals surface area contributed by atoms with Crippen LogP contribution in [0.4, 0.5) is 11.5 Å². The Bertz CT molecular complexity index is 1090. The zero-order valence-corrected chi connectivity index (χ0v) is 16.0. The van der Waals surface area contributed by atoms with Crippen molar-refractivity contribution in [2.24, 2.45) is 0 Å². The molecule has 0 amide bonds. The van der Waals surface area contributed by atoms with Gasteiger partial charge in [-0.2, -0.15) is 0 Å². The lowest BCUT2D eigenvalue weighted by Crippen LogP contribution is -2.31. The Morgan fingerprint density at radius 1 is 0.966 bits per heavy atom. The van der Waals surface area contributed by atoms with E-state index >= 15 is 0 Å². The molecule has 3 heterocycles. The highest BCUT2D eigenvalue weighted by Crippen LogP contribution is 2.27. The molecule has 5 rings (SSSR count). The molecule has 0 bridgehead atoms. The second-order valence-corrected chi connectivity index (χ2v) is 7.11. The molecule has 1 atom stereocenters. The van der Waals surface area contributed by atoms with Gasteiger partial charge in [0, 0.05) is 18.3 Å². The summed E-state index contributed by atoms with van der Waals surface area (Å²) in [5, 5.41) is 6.80. The third-order valence-corrected chi connectivity index (χ3v) is 5.12. The zero-order valence-electron chi connectivity index (χ0n) is 16.0. The zero-order chi connectivity index (χ0) is 19.5. The average Bonchev–Trinajstić information content (AvgIpc) is 3.22. The first-order valence-corrected chi connectivity index (χ1v) is 9.85. The molecule has 1 aliphatic rings. The number of imidazole rings is 1. The van der Waals surface area contributed by atoms with Crippen LogP contribution in [0.25, 0.3) is 11.2 Å². The van der Waals surface area contributed by atoms with Gasteiger partial charge in [0.15, 0.2) is 17.0 Å². The molecule has 2 N–H and O–H groups in total. The number of ether oxygens (including phenoxy) is 1. The molecule has 0 radical (unpaired) electrons. The number of anilines is 2. The van der Waals surface area contributed by atoms with Crippen LogP contribution in [-0.2, 0) is 0 Å². The number of nitrogens with one attached hydrogen (secondary N) is 2. The molecule has 2 aromatic carbocycles. The fourth-order valence-corrected chi connectivity index (χ4v) is 3.65. The number of hydrogen-bond donors (Lipinski definition) is 2. The molecule has 0 saturated carbocycles. The van der Waals surface area contributed by atoms with E-state index in [2.05, 4.69) is 30.2 Å². The van der Waals surface area contributed by atoms with E-state index in [1.165, 1.54) is 0 Å². The van der Waals surface area contributed by atoms with E-state index in [1.54, 1.807) is 6.33 Å². The van der Waals surface area contributed by atoms with Crippen molar-refractivity contribution in [3.05, 3.63) is 67.3 Å². The van der Waals surface area contributed by atoms with Crippen LogP contribution in [0.5, 0.6) is 11.5 Å². The Hall–Kier alpha value is -3.45. The molecule has 1 fully saturated rings. The van der Waals surface area contributed by atoms with E-state index in [-0.39, 0.29) is 0 Å². The van der Waals surface area contributed by atoms with Crippen molar-refractivity contribution in [1.29, 1.82) is 0 Å². The predicted molar refractivity (Wildman–Crippen MR) is 113 cm³/mol. The summed E-state index contributed by atoms with van der Waals surface area (Å²) in [4.78, 5) is 13.5. The minimum absolute atomic E-state index is 0.380. The molecule has 0 spiro atoms. The van der Waals surface area contributed by atoms with E-state index < -0.39 is 0 Å². The fourth-order valence-electron chi connectivity index (χ4n) is 3.65. The standard InChI is InChI=1S/C22H22N6O/c1-2-6-18(7-3-1)29-19-10-8-16(9-11-19)27-21-20-22(25-14-24-21)28(15-26-20)17-5-4-12-23-13-17/h1-3,6-11,14-15,17,23H,4-5,12-13H2,(H,24,25,27)/t17-/m1/s1. The Morgan fingerprint density at radius 3 is 2.59 bits per heavy atom. The molecular formula is C22H22N6O. The van der Waals surface area contributed by atoms with E-state index in [0.717, 1.165) is 54.3 Å². The molecule has 29 heavy (non-hydrogen) atoms. The third-order valence-electron chi connectivity index (χ3n) is 5.12. The highest BCUT2D eigenvalue weighted by molar-refractivity contribution is 5.85. The van der Waals surface area contributed by atoms with Crippen LogP contribution >= 0.6 is 0 Å². The average molecular weight is 386 g/mol. The van der Waals surface area contributed by atoms with E-state index in [4.69, 9.17) is 4.74 Å². The Balaban J connectivity index is 1.35. The van der Waals surface area contributed by atoms with Crippen molar-refractivity contribution in [2.45, 2.75) is 18.9 Å². The van der Waals surface area contributed by atoms with Crippen LogP contribution in [-0.4, -0.2) is 32.6 Å². The number of fused-ring (bicyclic) bond motifs is 1. The van der Waals surface area contributed by atoms with E-state index in [0.29, 0.717) is 11.9 Å². The van der Waals surface area contributed by atoms with Crippen LogP contribution in [0.2, 0.25) is 0 Å². The third kappa shape index (κ3) is 3.77. The number of hydrogen-bond acceptors (Lipinski definition) is 6. The van der Waals surface area contributed by atoms with Gasteiger partial charge in [-0.05, 0) is 55.8 Å². The normalized spacial score (nSPS) is 16.6. The highest BCUT2D eigenvalue weighted by Gasteiger charge is 2.19. The second-order valence-electron chi connectivity index (χ2n) is 7.11. The number of benzene rings is 2. The Kier molecular flexibility index (Phi) is 4.80. The molecule has 1 saturated heterocycles. The number of aromatic nitrogens is 4. The molecule has 2 aromatic heterocycles. The van der Waals surface area contributed by atoms with Crippen molar-refractivity contribution < 1.29 is 4.74 Å². The summed E-state index contributed by atoms with van der Waals surface area (Å²) in [6.45, 7) is 2.02. The molecule has 7 heteroatoms. The van der Waals surface area contributed by atoms with Crippen molar-refractivity contribution in [3.63, 3.8) is 0 Å². The monoisotopic (exact) mass is 386 g/mol. The summed E-state index contributed by atoms with van der Waals surface area (Å²) in [6, 6.07) is 17.9. The minimum Gasteiger partial charge on any atom is -0.457 e. The lowest BCUT2D eigenvalue weighted by molar-refractivity contribution is 0.376. The highest BCUT2D eigenvalue weighted by atomic mass is 16.5. The lowest BCUT2D eigenvalue weighted by atomic mass is 10.1. The van der Waals surface area contributed by atoms with Gasteiger partial charge >= 0.3 is 0 Å². The summed E-state index contributed by atoms with van der Waals surface area (Å²) in [5.74, 6) is 2.30. The topological polar surface area (TPSA) is 76.9 Å². The summed E-state index contributed by atoms with van der Waals surface area (Å²) in [6.07, 6.45) is 5.76. The molecule has 7 nitrogen and oxygen atoms in total. The Morgan fingerprint density at radius 2 is 1.79 bits per heavy atom. The maximum absolute atomic E-state index is 5.85. The molecule has 1 aliphatic heterocycles. The van der Waals surface area contributed by atoms with Gasteiger partial charge in [0.1, 0.15) is 17.8 Å². The van der Waals surface area contributed by atoms with Crippen molar-refractivity contribution in [1.82, 2.24) is 24.8 Å². The maximum atomic E-state index is 5.85. The van der Waals surface area contributed by atoms with Crippen molar-refractivity contribution >= 4 is 22.7 Å². The first kappa shape index (κ1) is 17.6.